The normalized spacial score (nSPS) is 11.2. The Morgan fingerprint density at radius 2 is 1.77 bits per heavy atom. The minimum absolute atomic E-state index is 0.152. The summed E-state index contributed by atoms with van der Waals surface area (Å²) in [7, 11) is 2.78. The van der Waals surface area contributed by atoms with Crippen molar-refractivity contribution in [2.45, 2.75) is 19.4 Å². The van der Waals surface area contributed by atoms with Gasteiger partial charge in [0, 0.05) is 24.7 Å². The monoisotopic (exact) mass is 413 g/mol. The lowest BCUT2D eigenvalue weighted by Crippen LogP contribution is -2.51. The summed E-state index contributed by atoms with van der Waals surface area (Å²) >= 11 is 0. The van der Waals surface area contributed by atoms with Crippen molar-refractivity contribution >= 4 is 23.6 Å². The summed E-state index contributed by atoms with van der Waals surface area (Å²) in [5.74, 6) is -0.107. The van der Waals surface area contributed by atoms with Gasteiger partial charge in [0.25, 0.3) is 0 Å². The second kappa shape index (κ2) is 11.5. The number of carbonyl (C=O) groups is 3. The number of hydrogen-bond donors (Lipinski definition) is 2. The van der Waals surface area contributed by atoms with E-state index >= 15 is 0 Å². The second-order valence-corrected chi connectivity index (χ2v) is 6.51. The highest BCUT2D eigenvalue weighted by molar-refractivity contribution is 5.96. The van der Waals surface area contributed by atoms with Crippen LogP contribution < -0.4 is 15.4 Å². The van der Waals surface area contributed by atoms with E-state index in [2.05, 4.69) is 15.4 Å². The predicted octanol–water partition coefficient (Wildman–Crippen LogP) is 2.45. The van der Waals surface area contributed by atoms with E-state index in [9.17, 15) is 14.4 Å². The number of benzene rings is 2. The third-order valence-electron chi connectivity index (χ3n) is 4.44. The van der Waals surface area contributed by atoms with Crippen LogP contribution in [0.2, 0.25) is 0 Å². The number of anilines is 1. The zero-order valence-corrected chi connectivity index (χ0v) is 17.4. The summed E-state index contributed by atoms with van der Waals surface area (Å²) in [6.45, 7) is 1.92. The van der Waals surface area contributed by atoms with Crippen LogP contribution >= 0.6 is 0 Å². The summed E-state index contributed by atoms with van der Waals surface area (Å²) in [6, 6.07) is 15.4. The van der Waals surface area contributed by atoms with E-state index in [-0.39, 0.29) is 24.8 Å². The quantitative estimate of drug-likeness (QED) is 0.658. The maximum atomic E-state index is 13.1. The van der Waals surface area contributed by atoms with Crippen LogP contribution in [0.3, 0.4) is 0 Å². The second-order valence-electron chi connectivity index (χ2n) is 6.51. The van der Waals surface area contributed by atoms with Crippen molar-refractivity contribution < 1.29 is 23.9 Å². The number of nitrogens with zero attached hydrogens (tertiary/aromatic N) is 1. The smallest absolute Gasteiger partial charge is 0.407 e. The first-order chi connectivity index (χ1) is 14.5. The molecule has 2 aromatic rings. The van der Waals surface area contributed by atoms with Crippen LogP contribution in [-0.2, 0) is 20.7 Å². The highest BCUT2D eigenvalue weighted by atomic mass is 16.5. The molecule has 0 saturated heterocycles. The van der Waals surface area contributed by atoms with E-state index in [1.165, 1.54) is 12.0 Å². The van der Waals surface area contributed by atoms with Gasteiger partial charge in [0.2, 0.25) is 11.8 Å². The van der Waals surface area contributed by atoms with Crippen LogP contribution in [0, 0.1) is 0 Å². The number of methoxy groups -OCH3 is 2. The van der Waals surface area contributed by atoms with Crippen molar-refractivity contribution in [2.24, 2.45) is 0 Å². The molecule has 8 heteroatoms. The minimum atomic E-state index is -0.857. The molecular formula is C22H27N3O5. The van der Waals surface area contributed by atoms with E-state index in [1.807, 2.05) is 30.3 Å². The lowest BCUT2D eigenvalue weighted by atomic mass is 10.0. The average Bonchev–Trinajstić information content (AvgIpc) is 2.77. The summed E-state index contributed by atoms with van der Waals surface area (Å²) < 4.78 is 9.80. The fourth-order valence-corrected chi connectivity index (χ4v) is 2.89. The van der Waals surface area contributed by atoms with E-state index in [4.69, 9.17) is 4.74 Å². The Morgan fingerprint density at radius 3 is 2.40 bits per heavy atom. The molecule has 0 fully saturated rings. The lowest BCUT2D eigenvalue weighted by Gasteiger charge is -2.26. The SMILES string of the molecule is CCN(CC(=O)Nc1cccc(OC)c1)C(=O)C(Cc1ccccc1)NC(=O)OC. The molecular weight excluding hydrogens is 386 g/mol. The van der Waals surface area contributed by atoms with Crippen LogP contribution in [0.5, 0.6) is 5.75 Å². The Morgan fingerprint density at radius 1 is 1.03 bits per heavy atom. The van der Waals surface area contributed by atoms with Gasteiger partial charge in [-0.1, -0.05) is 36.4 Å². The zero-order valence-electron chi connectivity index (χ0n) is 17.4. The molecule has 2 N–H and O–H groups in total. The first kappa shape index (κ1) is 22.7. The van der Waals surface area contributed by atoms with Crippen molar-refractivity contribution in [2.75, 3.05) is 32.6 Å². The van der Waals surface area contributed by atoms with Gasteiger partial charge < -0.3 is 25.0 Å². The summed E-state index contributed by atoms with van der Waals surface area (Å²) in [5.41, 5.74) is 1.44. The number of rotatable bonds is 9. The van der Waals surface area contributed by atoms with Gasteiger partial charge in [0.1, 0.15) is 11.8 Å². The molecule has 0 aliphatic rings. The molecule has 0 heterocycles. The van der Waals surface area contributed by atoms with Gasteiger partial charge in [-0.15, -0.1) is 0 Å². The first-order valence-corrected chi connectivity index (χ1v) is 9.58. The molecule has 30 heavy (non-hydrogen) atoms. The molecule has 0 aromatic heterocycles. The average molecular weight is 413 g/mol. The summed E-state index contributed by atoms with van der Waals surface area (Å²) in [4.78, 5) is 38.7. The lowest BCUT2D eigenvalue weighted by molar-refractivity contribution is -0.136. The Balaban J connectivity index is 2.08. The minimum Gasteiger partial charge on any atom is -0.497 e. The molecule has 160 valence electrons. The molecule has 2 aromatic carbocycles. The van der Waals surface area contributed by atoms with E-state index in [0.29, 0.717) is 18.0 Å². The van der Waals surface area contributed by atoms with Crippen molar-refractivity contribution in [3.05, 3.63) is 60.2 Å². The number of ether oxygens (including phenoxy) is 2. The van der Waals surface area contributed by atoms with Crippen LogP contribution in [-0.4, -0.2) is 56.2 Å². The molecule has 0 aliphatic heterocycles. The standard InChI is InChI=1S/C22H27N3O5/c1-4-25(15-20(26)23-17-11-8-12-18(14-17)29-2)21(27)19(24-22(28)30-3)13-16-9-6-5-7-10-16/h5-12,14,19H,4,13,15H2,1-3H3,(H,23,26)(H,24,28). The number of hydrogen-bond acceptors (Lipinski definition) is 5. The highest BCUT2D eigenvalue weighted by Gasteiger charge is 2.27. The number of amides is 3. The van der Waals surface area contributed by atoms with Crippen LogP contribution in [0.1, 0.15) is 12.5 Å². The number of likely N-dealkylation sites (N-methyl/N-ethyl adjacent to an activating group) is 1. The van der Waals surface area contributed by atoms with Crippen LogP contribution in [0.25, 0.3) is 0 Å². The van der Waals surface area contributed by atoms with Crippen LogP contribution in [0.15, 0.2) is 54.6 Å². The number of nitrogens with one attached hydrogen (secondary N) is 2. The predicted molar refractivity (Wildman–Crippen MR) is 113 cm³/mol. The fourth-order valence-electron chi connectivity index (χ4n) is 2.89. The maximum absolute atomic E-state index is 13.1. The van der Waals surface area contributed by atoms with Gasteiger partial charge in [-0.2, -0.15) is 0 Å². The van der Waals surface area contributed by atoms with Crippen molar-refractivity contribution in [3.8, 4) is 5.75 Å². The first-order valence-electron chi connectivity index (χ1n) is 9.58. The van der Waals surface area contributed by atoms with E-state index in [0.717, 1.165) is 5.56 Å². The molecule has 1 atom stereocenters. The van der Waals surface area contributed by atoms with Gasteiger partial charge in [-0.3, -0.25) is 9.59 Å². The molecule has 3 amide bonds. The van der Waals surface area contributed by atoms with E-state index in [1.54, 1.807) is 38.3 Å². The van der Waals surface area contributed by atoms with Gasteiger partial charge in [-0.25, -0.2) is 4.79 Å². The molecule has 1 unspecified atom stereocenters. The Labute approximate surface area is 176 Å². The highest BCUT2D eigenvalue weighted by Crippen LogP contribution is 2.16. The van der Waals surface area contributed by atoms with Gasteiger partial charge in [0.15, 0.2) is 0 Å². The van der Waals surface area contributed by atoms with Crippen molar-refractivity contribution in [1.29, 1.82) is 0 Å². The number of carbonyl (C=O) groups excluding carboxylic acids is 3. The van der Waals surface area contributed by atoms with E-state index < -0.39 is 12.1 Å². The van der Waals surface area contributed by atoms with Crippen molar-refractivity contribution in [1.82, 2.24) is 10.2 Å². The van der Waals surface area contributed by atoms with Crippen molar-refractivity contribution in [3.63, 3.8) is 0 Å². The molecule has 2 rings (SSSR count). The summed E-state index contributed by atoms with van der Waals surface area (Å²) in [6.07, 6.45) is -0.427. The molecule has 0 aliphatic carbocycles. The van der Waals surface area contributed by atoms with Gasteiger partial charge in [0.05, 0.1) is 20.8 Å². The third kappa shape index (κ3) is 6.80. The molecule has 0 bridgehead atoms. The largest absolute Gasteiger partial charge is 0.497 e. The Hall–Kier alpha value is -3.55. The molecule has 0 saturated carbocycles. The number of alkyl carbamates (subject to hydrolysis) is 1. The van der Waals surface area contributed by atoms with Gasteiger partial charge in [-0.05, 0) is 24.6 Å². The summed E-state index contributed by atoms with van der Waals surface area (Å²) in [5, 5.41) is 5.32. The van der Waals surface area contributed by atoms with Gasteiger partial charge >= 0.3 is 6.09 Å². The maximum Gasteiger partial charge on any atom is 0.407 e. The van der Waals surface area contributed by atoms with Crippen LogP contribution in [0.4, 0.5) is 10.5 Å². The Bertz CT molecular complexity index is 857. The zero-order chi connectivity index (χ0) is 21.9. The molecule has 0 radical (unpaired) electrons. The fraction of sp³-hybridized carbons (Fsp3) is 0.318. The molecule has 8 nitrogen and oxygen atoms in total. The topological polar surface area (TPSA) is 97.0 Å². The third-order valence-corrected chi connectivity index (χ3v) is 4.44. The Kier molecular flexibility index (Phi) is 8.68. The molecule has 0 spiro atoms.